The molecule has 0 fully saturated rings. The van der Waals surface area contributed by atoms with Gasteiger partial charge >= 0.3 is 6.36 Å². The summed E-state index contributed by atoms with van der Waals surface area (Å²) in [4.78, 5) is 17.9. The lowest BCUT2D eigenvalue weighted by molar-refractivity contribution is -0.274. The zero-order valence-corrected chi connectivity index (χ0v) is 24.2. The fourth-order valence-electron chi connectivity index (χ4n) is 5.55. The molecule has 0 radical (unpaired) electrons. The maximum Gasteiger partial charge on any atom is 0.573 e. The van der Waals surface area contributed by atoms with Crippen LogP contribution in [0.5, 0.6) is 5.75 Å². The maximum absolute atomic E-state index is 13.0. The summed E-state index contributed by atoms with van der Waals surface area (Å²) in [7, 11) is 0. The van der Waals surface area contributed by atoms with Gasteiger partial charge in [-0.25, -0.2) is 19.0 Å². The maximum atomic E-state index is 13.0. The van der Waals surface area contributed by atoms with Gasteiger partial charge in [-0.15, -0.1) is 13.2 Å². The topological polar surface area (TPSA) is 95.4 Å². The highest BCUT2D eigenvalue weighted by Crippen LogP contribution is 2.37. The number of halogens is 3. The number of ether oxygens (including phenoxy) is 1. The predicted octanol–water partition coefficient (Wildman–Crippen LogP) is 7.80. The zero-order valence-electron chi connectivity index (χ0n) is 24.2. The molecule has 0 N–H and O–H groups in total. The number of pyridine rings is 4. The third kappa shape index (κ3) is 5.52. The number of nitrogens with zero attached hydrogens (tertiary/aromatic N) is 8. The summed E-state index contributed by atoms with van der Waals surface area (Å²) >= 11 is 0. The molecule has 0 atom stereocenters. The number of fused-ring (bicyclic) bond motifs is 2. The van der Waals surface area contributed by atoms with E-state index in [-0.39, 0.29) is 5.75 Å². The number of aromatic nitrogens is 8. The Balaban J connectivity index is 1.19. The molecule has 0 spiro atoms. The van der Waals surface area contributed by atoms with Crippen LogP contribution in [-0.2, 0) is 0 Å². The van der Waals surface area contributed by atoms with Gasteiger partial charge in [-0.2, -0.15) is 10.2 Å². The number of rotatable bonds is 6. The second kappa shape index (κ2) is 11.2. The van der Waals surface area contributed by atoms with Crippen LogP contribution in [0.15, 0.2) is 128 Å². The molecule has 0 saturated heterocycles. The first-order valence-electron chi connectivity index (χ1n) is 14.4. The van der Waals surface area contributed by atoms with E-state index in [0.717, 1.165) is 44.7 Å². The van der Waals surface area contributed by atoms with Gasteiger partial charge in [0.15, 0.2) is 11.3 Å². The third-order valence-electron chi connectivity index (χ3n) is 7.70. The molecule has 0 saturated carbocycles. The highest BCUT2D eigenvalue weighted by molar-refractivity contribution is 5.86. The highest BCUT2D eigenvalue weighted by atomic mass is 19.4. The molecule has 6 heterocycles. The van der Waals surface area contributed by atoms with Gasteiger partial charge in [0.2, 0.25) is 0 Å². The van der Waals surface area contributed by atoms with Crippen molar-refractivity contribution in [3.05, 3.63) is 128 Å². The largest absolute Gasteiger partial charge is 0.573 e. The van der Waals surface area contributed by atoms with E-state index in [1.165, 1.54) is 30.9 Å². The van der Waals surface area contributed by atoms with Crippen molar-refractivity contribution in [3.8, 4) is 61.6 Å². The molecule has 0 unspecified atom stereocenters. The minimum absolute atomic E-state index is 0.329. The van der Waals surface area contributed by atoms with Gasteiger partial charge in [-0.3, -0.25) is 9.97 Å². The molecule has 8 aromatic rings. The minimum atomic E-state index is -4.82. The third-order valence-corrected chi connectivity index (χ3v) is 7.70. The van der Waals surface area contributed by atoms with Gasteiger partial charge in [-0.05, 0) is 54.1 Å². The van der Waals surface area contributed by atoms with E-state index in [2.05, 4.69) is 24.9 Å². The predicted molar refractivity (Wildman–Crippen MR) is 169 cm³/mol. The first kappa shape index (κ1) is 28.1. The number of hydrogen-bond acceptors (Lipinski definition) is 7. The summed E-state index contributed by atoms with van der Waals surface area (Å²) in [5.41, 5.74) is 9.17. The summed E-state index contributed by atoms with van der Waals surface area (Å²) in [6, 6.07) is 27.3. The number of hydrogen-bond donors (Lipinski definition) is 0. The van der Waals surface area contributed by atoms with Crippen molar-refractivity contribution < 1.29 is 17.9 Å². The Morgan fingerprint density at radius 3 is 1.87 bits per heavy atom. The lowest BCUT2D eigenvalue weighted by atomic mass is 9.95. The van der Waals surface area contributed by atoms with Gasteiger partial charge < -0.3 is 4.74 Å². The van der Waals surface area contributed by atoms with E-state index in [9.17, 15) is 13.2 Å². The molecular weight excluding hydrogens is 605 g/mol. The van der Waals surface area contributed by atoms with Crippen molar-refractivity contribution in [1.82, 2.24) is 39.2 Å². The van der Waals surface area contributed by atoms with E-state index >= 15 is 0 Å². The SMILES string of the molecule is FC(F)(F)Oc1cccc(-c2ncc(-c3ccc(-c4ncccc4-c4ccc5ncnn5c4)cc3)cc2-c2ccc3ncnn3c2)c1. The van der Waals surface area contributed by atoms with Crippen LogP contribution in [0.4, 0.5) is 13.2 Å². The summed E-state index contributed by atoms with van der Waals surface area (Å²) in [6.45, 7) is 0. The van der Waals surface area contributed by atoms with Crippen LogP contribution in [0.25, 0.3) is 67.2 Å². The highest BCUT2D eigenvalue weighted by Gasteiger charge is 2.31. The standard InChI is InChI=1S/C35H21F3N8O/c36-35(37,38)47-28-4-1-3-24(15-28)34-30(26-11-13-32-42-21-44-46(32)19-26)16-27(17-40-34)22-6-8-23(9-7-22)33-29(5-2-14-39-33)25-10-12-31-41-20-43-45(31)18-25/h1-21H. The molecule has 0 amide bonds. The summed E-state index contributed by atoms with van der Waals surface area (Å²) in [5, 5.41) is 8.51. The molecule has 0 bridgehead atoms. The Labute approximate surface area is 264 Å². The monoisotopic (exact) mass is 626 g/mol. The van der Waals surface area contributed by atoms with E-state index in [1.807, 2.05) is 79.1 Å². The van der Waals surface area contributed by atoms with Crippen molar-refractivity contribution in [2.24, 2.45) is 0 Å². The number of benzene rings is 2. The van der Waals surface area contributed by atoms with Crippen molar-refractivity contribution in [2.45, 2.75) is 6.36 Å². The Morgan fingerprint density at radius 1 is 0.532 bits per heavy atom. The van der Waals surface area contributed by atoms with E-state index < -0.39 is 6.36 Å². The second-order valence-electron chi connectivity index (χ2n) is 10.6. The van der Waals surface area contributed by atoms with Crippen LogP contribution < -0.4 is 4.74 Å². The fourth-order valence-corrected chi connectivity index (χ4v) is 5.55. The molecule has 0 aliphatic heterocycles. The quantitative estimate of drug-likeness (QED) is 0.186. The summed E-state index contributed by atoms with van der Waals surface area (Å²) in [6.07, 6.45) is 5.35. The van der Waals surface area contributed by atoms with Crippen LogP contribution in [-0.4, -0.2) is 45.5 Å². The summed E-state index contributed by atoms with van der Waals surface area (Å²) < 4.78 is 46.6. The van der Waals surface area contributed by atoms with Gasteiger partial charge in [0.25, 0.3) is 0 Å². The Morgan fingerprint density at radius 2 is 1.17 bits per heavy atom. The molecule has 6 aromatic heterocycles. The second-order valence-corrected chi connectivity index (χ2v) is 10.6. The van der Waals surface area contributed by atoms with Crippen molar-refractivity contribution >= 4 is 11.3 Å². The van der Waals surface area contributed by atoms with Gasteiger partial charge in [0, 0.05) is 63.7 Å². The van der Waals surface area contributed by atoms with E-state index in [0.29, 0.717) is 22.5 Å². The average molecular weight is 627 g/mol. The van der Waals surface area contributed by atoms with Crippen molar-refractivity contribution in [1.29, 1.82) is 0 Å². The van der Waals surface area contributed by atoms with Gasteiger partial charge in [0.1, 0.15) is 18.4 Å². The summed E-state index contributed by atoms with van der Waals surface area (Å²) in [5.74, 6) is -0.329. The van der Waals surface area contributed by atoms with Crippen LogP contribution in [0.1, 0.15) is 0 Å². The van der Waals surface area contributed by atoms with Crippen molar-refractivity contribution in [2.75, 3.05) is 0 Å². The van der Waals surface area contributed by atoms with Gasteiger partial charge in [0.05, 0.1) is 11.4 Å². The molecule has 228 valence electrons. The molecule has 0 aliphatic carbocycles. The average Bonchev–Trinajstić information content (AvgIpc) is 3.77. The molecule has 47 heavy (non-hydrogen) atoms. The first-order chi connectivity index (χ1) is 22.9. The van der Waals surface area contributed by atoms with Crippen LogP contribution in [0, 0.1) is 0 Å². The smallest absolute Gasteiger partial charge is 0.406 e. The lowest BCUT2D eigenvalue weighted by Gasteiger charge is -2.14. The Bertz CT molecular complexity index is 2400. The fraction of sp³-hybridized carbons (Fsp3) is 0.0286. The lowest BCUT2D eigenvalue weighted by Crippen LogP contribution is -2.17. The molecule has 0 aliphatic rings. The van der Waals surface area contributed by atoms with E-state index in [1.54, 1.807) is 27.5 Å². The molecule has 8 rings (SSSR count). The van der Waals surface area contributed by atoms with Crippen LogP contribution in [0.3, 0.4) is 0 Å². The Kier molecular flexibility index (Phi) is 6.68. The van der Waals surface area contributed by atoms with E-state index in [4.69, 9.17) is 9.97 Å². The van der Waals surface area contributed by atoms with Crippen LogP contribution >= 0.6 is 0 Å². The minimum Gasteiger partial charge on any atom is -0.406 e. The zero-order chi connectivity index (χ0) is 32.0. The van der Waals surface area contributed by atoms with Gasteiger partial charge in [-0.1, -0.05) is 42.5 Å². The molecular formula is C35H21F3N8O. The Hall–Kier alpha value is -6.43. The number of alkyl halides is 3. The molecule has 2 aromatic carbocycles. The molecule has 9 nitrogen and oxygen atoms in total. The normalized spacial score (nSPS) is 11.7. The van der Waals surface area contributed by atoms with Crippen molar-refractivity contribution in [3.63, 3.8) is 0 Å². The van der Waals surface area contributed by atoms with Crippen LogP contribution in [0.2, 0.25) is 0 Å². The molecule has 12 heteroatoms. The first-order valence-corrected chi connectivity index (χ1v) is 14.4.